The van der Waals surface area contributed by atoms with Crippen LogP contribution in [0.25, 0.3) is 0 Å². The van der Waals surface area contributed by atoms with Crippen molar-refractivity contribution in [2.45, 2.75) is 38.6 Å². The summed E-state index contributed by atoms with van der Waals surface area (Å²) in [6.07, 6.45) is 1.03. The molecule has 1 aliphatic rings. The van der Waals surface area contributed by atoms with Crippen molar-refractivity contribution in [1.82, 2.24) is 10.6 Å². The fraction of sp³-hybridized carbons (Fsp3) is 0.471. The molecule has 0 aliphatic heterocycles. The number of carboxylic acid groups (broad SMARTS) is 1. The van der Waals surface area contributed by atoms with Crippen molar-refractivity contribution in [1.29, 1.82) is 0 Å². The molecule has 0 saturated heterocycles. The Kier molecular flexibility index (Phi) is 5.36. The smallest absolute Gasteiger partial charge is 0.326 e. The predicted molar refractivity (Wildman–Crippen MR) is 84.9 cm³/mol. The highest BCUT2D eigenvalue weighted by atomic mass is 16.4. The third-order valence-corrected chi connectivity index (χ3v) is 3.93. The average molecular weight is 318 g/mol. The van der Waals surface area contributed by atoms with E-state index in [2.05, 4.69) is 10.6 Å². The van der Waals surface area contributed by atoms with Gasteiger partial charge < -0.3 is 15.7 Å². The first kappa shape index (κ1) is 17.0. The van der Waals surface area contributed by atoms with Crippen LogP contribution >= 0.6 is 0 Å². The number of hydrogen-bond acceptors (Lipinski definition) is 3. The first-order valence-electron chi connectivity index (χ1n) is 7.76. The quantitative estimate of drug-likeness (QED) is 0.700. The van der Waals surface area contributed by atoms with Gasteiger partial charge in [0.25, 0.3) is 0 Å². The van der Waals surface area contributed by atoms with Crippen LogP contribution in [-0.2, 0) is 20.8 Å². The second-order valence-electron chi connectivity index (χ2n) is 6.26. The highest BCUT2D eigenvalue weighted by Crippen LogP contribution is 2.34. The molecule has 0 radical (unpaired) electrons. The van der Waals surface area contributed by atoms with Crippen LogP contribution in [0.5, 0.6) is 0 Å². The fourth-order valence-corrected chi connectivity index (χ4v) is 2.72. The van der Waals surface area contributed by atoms with Crippen molar-refractivity contribution in [2.24, 2.45) is 5.92 Å². The zero-order valence-corrected chi connectivity index (χ0v) is 13.3. The van der Waals surface area contributed by atoms with Crippen LogP contribution in [-0.4, -0.2) is 35.5 Å². The Morgan fingerprint density at radius 1 is 1.26 bits per heavy atom. The molecule has 2 rings (SSSR count). The highest BCUT2D eigenvalue weighted by Gasteiger charge is 2.31. The molecule has 2 atom stereocenters. The standard InChI is InChI=1S/C17H22N2O4/c1-10(2)7-14(17(22)23)19-15(20)9-18-16(21)13-8-11-5-3-4-6-12(11)13/h3-6,10,13-14H,7-9H2,1-2H3,(H,18,21)(H,19,20)(H,22,23)/t13?,14-/m0/s1. The average Bonchev–Trinajstić information content (AvgIpc) is 2.45. The molecule has 1 aromatic rings. The molecule has 0 saturated carbocycles. The lowest BCUT2D eigenvalue weighted by atomic mass is 9.77. The van der Waals surface area contributed by atoms with Crippen molar-refractivity contribution < 1.29 is 19.5 Å². The maximum atomic E-state index is 12.1. The molecule has 0 aromatic heterocycles. The van der Waals surface area contributed by atoms with Crippen molar-refractivity contribution in [2.75, 3.05) is 6.54 Å². The molecule has 3 N–H and O–H groups in total. The Morgan fingerprint density at radius 2 is 1.96 bits per heavy atom. The molecule has 23 heavy (non-hydrogen) atoms. The lowest BCUT2D eigenvalue weighted by molar-refractivity contribution is -0.142. The van der Waals surface area contributed by atoms with E-state index in [-0.39, 0.29) is 24.3 Å². The van der Waals surface area contributed by atoms with Gasteiger partial charge in [-0.05, 0) is 29.9 Å². The molecule has 1 aromatic carbocycles. The van der Waals surface area contributed by atoms with Gasteiger partial charge in [0, 0.05) is 0 Å². The topological polar surface area (TPSA) is 95.5 Å². The summed E-state index contributed by atoms with van der Waals surface area (Å²) < 4.78 is 0. The number of nitrogens with one attached hydrogen (secondary N) is 2. The van der Waals surface area contributed by atoms with Crippen LogP contribution in [0.4, 0.5) is 0 Å². The lowest BCUT2D eigenvalue weighted by Crippen LogP contribution is -2.47. The number of benzene rings is 1. The van der Waals surface area contributed by atoms with Gasteiger partial charge in [-0.3, -0.25) is 9.59 Å². The summed E-state index contributed by atoms with van der Waals surface area (Å²) in [7, 11) is 0. The number of rotatable bonds is 7. The Labute approximate surface area is 135 Å². The fourth-order valence-electron chi connectivity index (χ4n) is 2.72. The molecule has 0 bridgehead atoms. The van der Waals surface area contributed by atoms with Crippen LogP contribution in [0.15, 0.2) is 24.3 Å². The van der Waals surface area contributed by atoms with Crippen LogP contribution in [0.1, 0.15) is 37.3 Å². The Bertz CT molecular complexity index is 612. The van der Waals surface area contributed by atoms with Gasteiger partial charge >= 0.3 is 5.97 Å². The number of amides is 2. The first-order valence-corrected chi connectivity index (χ1v) is 7.76. The Balaban J connectivity index is 1.80. The zero-order chi connectivity index (χ0) is 17.0. The van der Waals surface area contributed by atoms with Crippen molar-refractivity contribution >= 4 is 17.8 Å². The summed E-state index contributed by atoms with van der Waals surface area (Å²) in [5.41, 5.74) is 2.15. The van der Waals surface area contributed by atoms with E-state index in [4.69, 9.17) is 5.11 Å². The van der Waals surface area contributed by atoms with Crippen molar-refractivity contribution in [3.05, 3.63) is 35.4 Å². The maximum Gasteiger partial charge on any atom is 0.326 e. The molecule has 6 heteroatoms. The van der Waals surface area contributed by atoms with Gasteiger partial charge in [-0.15, -0.1) is 0 Å². The Morgan fingerprint density at radius 3 is 2.57 bits per heavy atom. The van der Waals surface area contributed by atoms with Gasteiger partial charge in [0.1, 0.15) is 6.04 Å². The van der Waals surface area contributed by atoms with E-state index in [1.807, 2.05) is 38.1 Å². The van der Waals surface area contributed by atoms with E-state index < -0.39 is 17.9 Å². The molecule has 0 spiro atoms. The predicted octanol–water partition coefficient (Wildman–Crippen LogP) is 1.06. The number of aliphatic carboxylic acids is 1. The summed E-state index contributed by atoms with van der Waals surface area (Å²) in [5, 5.41) is 14.1. The number of fused-ring (bicyclic) bond motifs is 1. The Hall–Kier alpha value is -2.37. The molecule has 2 amide bonds. The van der Waals surface area contributed by atoms with E-state index in [0.717, 1.165) is 11.1 Å². The molecule has 0 fully saturated rings. The van der Waals surface area contributed by atoms with Crippen LogP contribution < -0.4 is 10.6 Å². The maximum absolute atomic E-state index is 12.1. The van der Waals surface area contributed by atoms with E-state index in [0.29, 0.717) is 12.8 Å². The minimum absolute atomic E-state index is 0.150. The number of carbonyl (C=O) groups excluding carboxylic acids is 2. The third kappa shape index (κ3) is 4.31. The summed E-state index contributed by atoms with van der Waals surface area (Å²) in [5.74, 6) is -1.82. The largest absolute Gasteiger partial charge is 0.480 e. The molecular weight excluding hydrogens is 296 g/mol. The number of carbonyl (C=O) groups is 3. The van der Waals surface area contributed by atoms with Crippen molar-refractivity contribution in [3.63, 3.8) is 0 Å². The van der Waals surface area contributed by atoms with Gasteiger partial charge in [0.05, 0.1) is 12.5 Å². The third-order valence-electron chi connectivity index (χ3n) is 3.93. The summed E-state index contributed by atoms with van der Waals surface area (Å²) in [4.78, 5) is 35.0. The lowest BCUT2D eigenvalue weighted by Gasteiger charge is -2.28. The first-order chi connectivity index (χ1) is 10.9. The highest BCUT2D eigenvalue weighted by molar-refractivity contribution is 5.91. The normalized spacial score (nSPS) is 16.9. The van der Waals surface area contributed by atoms with Gasteiger partial charge in [0.15, 0.2) is 0 Å². The second kappa shape index (κ2) is 7.26. The molecule has 6 nitrogen and oxygen atoms in total. The van der Waals surface area contributed by atoms with E-state index >= 15 is 0 Å². The van der Waals surface area contributed by atoms with Gasteiger partial charge in [0.2, 0.25) is 11.8 Å². The SMILES string of the molecule is CC(C)C[C@H](NC(=O)CNC(=O)C1Cc2ccccc21)C(=O)O. The second-order valence-corrected chi connectivity index (χ2v) is 6.26. The van der Waals surface area contributed by atoms with Crippen LogP contribution in [0, 0.1) is 5.92 Å². The van der Waals surface area contributed by atoms with Crippen LogP contribution in [0.3, 0.4) is 0 Å². The monoisotopic (exact) mass is 318 g/mol. The molecular formula is C17H22N2O4. The van der Waals surface area contributed by atoms with E-state index in [9.17, 15) is 14.4 Å². The molecule has 0 heterocycles. The number of carboxylic acids is 1. The number of hydrogen-bond donors (Lipinski definition) is 3. The minimum atomic E-state index is -1.06. The van der Waals surface area contributed by atoms with E-state index in [1.54, 1.807) is 0 Å². The molecule has 1 unspecified atom stereocenters. The summed E-state index contributed by atoms with van der Waals surface area (Å²) >= 11 is 0. The van der Waals surface area contributed by atoms with Gasteiger partial charge in [-0.2, -0.15) is 0 Å². The summed E-state index contributed by atoms with van der Waals surface area (Å²) in [6.45, 7) is 3.56. The molecule has 124 valence electrons. The van der Waals surface area contributed by atoms with Crippen LogP contribution in [0.2, 0.25) is 0 Å². The summed E-state index contributed by atoms with van der Waals surface area (Å²) in [6, 6.07) is 6.78. The zero-order valence-electron chi connectivity index (χ0n) is 13.3. The van der Waals surface area contributed by atoms with E-state index in [1.165, 1.54) is 0 Å². The minimum Gasteiger partial charge on any atom is -0.480 e. The van der Waals surface area contributed by atoms with Crippen molar-refractivity contribution in [3.8, 4) is 0 Å². The molecule has 1 aliphatic carbocycles. The van der Waals surface area contributed by atoms with Gasteiger partial charge in [-0.25, -0.2) is 4.79 Å². The van der Waals surface area contributed by atoms with Gasteiger partial charge in [-0.1, -0.05) is 38.1 Å².